The van der Waals surface area contributed by atoms with Crippen LogP contribution < -0.4 is 4.18 Å². The first kappa shape index (κ1) is 23.0. The second kappa shape index (κ2) is 8.12. The molecule has 3 rings (SSSR count). The van der Waals surface area contributed by atoms with Gasteiger partial charge in [0.1, 0.15) is 10.6 Å². The third-order valence-electron chi connectivity index (χ3n) is 4.13. The van der Waals surface area contributed by atoms with E-state index in [0.717, 1.165) is 5.56 Å². The van der Waals surface area contributed by atoms with Crippen LogP contribution in [0.1, 0.15) is 11.1 Å². The van der Waals surface area contributed by atoms with Gasteiger partial charge >= 0.3 is 22.5 Å². The molecule has 11 heteroatoms. The molecule has 0 fully saturated rings. The van der Waals surface area contributed by atoms with Gasteiger partial charge in [0, 0.05) is 4.90 Å². The molecular weight excluding hydrogens is 466 g/mol. The molecule has 0 bridgehead atoms. The molecule has 0 heterocycles. The van der Waals surface area contributed by atoms with Crippen LogP contribution in [-0.2, 0) is 22.5 Å². The lowest BCUT2D eigenvalue weighted by Crippen LogP contribution is -2.16. The summed E-state index contributed by atoms with van der Waals surface area (Å²) in [6.45, 7) is 0. The highest BCUT2D eigenvalue weighted by Gasteiger charge is 2.38. The van der Waals surface area contributed by atoms with Crippen molar-refractivity contribution in [1.82, 2.24) is 0 Å². The van der Waals surface area contributed by atoms with Crippen LogP contribution in [-0.4, -0.2) is 8.42 Å². The van der Waals surface area contributed by atoms with E-state index in [0.29, 0.717) is 10.5 Å². The smallest absolute Gasteiger partial charge is 0.379 e. The molecule has 0 aromatic heterocycles. The number of thiol groups is 1. The van der Waals surface area contributed by atoms with Crippen LogP contribution in [0.15, 0.2) is 76.5 Å². The van der Waals surface area contributed by atoms with E-state index < -0.39 is 38.5 Å². The molecule has 0 aliphatic rings. The van der Waals surface area contributed by atoms with Crippen molar-refractivity contribution in [2.75, 3.05) is 0 Å². The summed E-state index contributed by atoms with van der Waals surface area (Å²) < 4.78 is 107. The highest BCUT2D eigenvalue weighted by Crippen LogP contribution is 2.38. The van der Waals surface area contributed by atoms with Gasteiger partial charge in [-0.15, -0.1) is 12.6 Å². The van der Waals surface area contributed by atoms with Gasteiger partial charge in [-0.2, -0.15) is 34.8 Å². The van der Waals surface area contributed by atoms with Gasteiger partial charge in [0.2, 0.25) is 0 Å². The zero-order valence-corrected chi connectivity index (χ0v) is 16.9. The lowest BCUT2D eigenvalue weighted by atomic mass is 10.1. The summed E-state index contributed by atoms with van der Waals surface area (Å²) >= 11 is 4.31. The van der Waals surface area contributed by atoms with Crippen LogP contribution in [0.5, 0.6) is 5.75 Å². The summed E-state index contributed by atoms with van der Waals surface area (Å²) in [4.78, 5) is -0.619. The molecule has 0 N–H and O–H groups in total. The van der Waals surface area contributed by atoms with E-state index in [1.54, 1.807) is 24.3 Å². The average Bonchev–Trinajstić information content (AvgIpc) is 2.67. The number of benzene rings is 3. The number of alkyl halides is 6. The summed E-state index contributed by atoms with van der Waals surface area (Å²) in [7, 11) is -4.98. The maximum atomic E-state index is 13.0. The largest absolute Gasteiger partial charge is 0.416 e. The fraction of sp³-hybridized carbons (Fsp3) is 0.100. The third kappa shape index (κ3) is 5.34. The lowest BCUT2D eigenvalue weighted by Gasteiger charge is -2.15. The Balaban J connectivity index is 1.96. The summed E-state index contributed by atoms with van der Waals surface area (Å²) in [5.41, 5.74) is -2.14. The molecular formula is C20H12F6O3S2. The molecule has 0 amide bonds. The van der Waals surface area contributed by atoms with Gasteiger partial charge in [0.05, 0.1) is 11.1 Å². The fourth-order valence-electron chi connectivity index (χ4n) is 2.65. The van der Waals surface area contributed by atoms with Crippen molar-refractivity contribution in [3.63, 3.8) is 0 Å². The third-order valence-corrected chi connectivity index (χ3v) is 5.74. The Bertz CT molecular complexity index is 1170. The topological polar surface area (TPSA) is 43.4 Å². The first-order valence-corrected chi connectivity index (χ1v) is 10.3. The van der Waals surface area contributed by atoms with Gasteiger partial charge in [-0.3, -0.25) is 0 Å². The molecule has 3 nitrogen and oxygen atoms in total. The van der Waals surface area contributed by atoms with Crippen molar-refractivity contribution >= 4 is 22.7 Å². The van der Waals surface area contributed by atoms with Gasteiger partial charge in [0.25, 0.3) is 0 Å². The maximum absolute atomic E-state index is 13.0. The predicted octanol–water partition coefficient (Wildman–Crippen LogP) is 6.45. The molecule has 0 radical (unpaired) electrons. The van der Waals surface area contributed by atoms with Gasteiger partial charge in [-0.1, -0.05) is 30.3 Å². The second-order valence-corrected chi connectivity index (χ2v) is 8.35. The van der Waals surface area contributed by atoms with Crippen molar-refractivity contribution in [3.8, 4) is 16.9 Å². The second-order valence-electron chi connectivity index (χ2n) is 6.32. The zero-order chi connectivity index (χ0) is 23.0. The van der Waals surface area contributed by atoms with Gasteiger partial charge in [-0.05, 0) is 47.5 Å². The SMILES string of the molecule is O=S(=O)(Oc1ccc(-c2ccccc2S)cc1)c1cc(C(F)(F)F)cc(C(F)(F)F)c1. The van der Waals surface area contributed by atoms with Crippen LogP contribution in [0.4, 0.5) is 26.3 Å². The molecule has 31 heavy (non-hydrogen) atoms. The number of rotatable bonds is 4. The molecule has 3 aromatic rings. The Hall–Kier alpha value is -2.66. The van der Waals surface area contributed by atoms with Crippen molar-refractivity contribution in [1.29, 1.82) is 0 Å². The zero-order valence-electron chi connectivity index (χ0n) is 15.2. The van der Waals surface area contributed by atoms with Crippen molar-refractivity contribution in [3.05, 3.63) is 77.9 Å². The quantitative estimate of drug-likeness (QED) is 0.266. The predicted molar refractivity (Wildman–Crippen MR) is 103 cm³/mol. The molecule has 0 unspecified atom stereocenters. The Kier molecular flexibility index (Phi) is 6.03. The normalized spacial score (nSPS) is 12.6. The molecule has 0 saturated carbocycles. The maximum Gasteiger partial charge on any atom is 0.416 e. The van der Waals surface area contributed by atoms with Crippen LogP contribution in [0.2, 0.25) is 0 Å². The molecule has 0 aliphatic carbocycles. The minimum atomic E-state index is -5.19. The monoisotopic (exact) mass is 478 g/mol. The Labute approximate surface area is 178 Å². The standard InChI is InChI=1S/C20H12F6O3S2/c21-19(22,23)13-9-14(20(24,25)26)11-16(10-13)31(27,28)29-15-7-5-12(6-8-15)17-3-1-2-4-18(17)30/h1-11,30H. The van der Waals surface area contributed by atoms with Crippen LogP contribution in [0.25, 0.3) is 11.1 Å². The summed E-state index contributed by atoms with van der Waals surface area (Å²) in [6, 6.07) is 12.5. The van der Waals surface area contributed by atoms with E-state index in [9.17, 15) is 34.8 Å². The van der Waals surface area contributed by atoms with E-state index in [-0.39, 0.29) is 23.9 Å². The first-order chi connectivity index (χ1) is 14.3. The Morgan fingerprint density at radius 3 is 1.74 bits per heavy atom. The molecule has 0 atom stereocenters. The van der Waals surface area contributed by atoms with Crippen LogP contribution in [0, 0.1) is 0 Å². The molecule has 0 spiro atoms. The minimum Gasteiger partial charge on any atom is -0.379 e. The van der Waals surface area contributed by atoms with Crippen LogP contribution >= 0.6 is 12.6 Å². The number of hydrogen-bond donors (Lipinski definition) is 1. The van der Waals surface area contributed by atoms with Gasteiger partial charge in [0.15, 0.2) is 0 Å². The van der Waals surface area contributed by atoms with E-state index in [4.69, 9.17) is 4.18 Å². The van der Waals surface area contributed by atoms with Gasteiger partial charge < -0.3 is 4.18 Å². The molecule has 164 valence electrons. The van der Waals surface area contributed by atoms with Crippen molar-refractivity contribution in [2.45, 2.75) is 22.1 Å². The lowest BCUT2D eigenvalue weighted by molar-refractivity contribution is -0.143. The molecule has 0 saturated heterocycles. The molecule has 0 aliphatic heterocycles. The molecule has 3 aromatic carbocycles. The van der Waals surface area contributed by atoms with E-state index >= 15 is 0 Å². The minimum absolute atomic E-state index is 0.0933. The van der Waals surface area contributed by atoms with E-state index in [1.165, 1.54) is 24.3 Å². The number of hydrogen-bond acceptors (Lipinski definition) is 4. The summed E-state index contributed by atoms with van der Waals surface area (Å²) in [6.07, 6.45) is -10.4. The fourth-order valence-corrected chi connectivity index (χ4v) is 3.95. The van der Waals surface area contributed by atoms with Crippen molar-refractivity contribution in [2.24, 2.45) is 0 Å². The Morgan fingerprint density at radius 2 is 1.26 bits per heavy atom. The van der Waals surface area contributed by atoms with E-state index in [2.05, 4.69) is 12.6 Å². The van der Waals surface area contributed by atoms with Gasteiger partial charge in [-0.25, -0.2) is 0 Å². The number of halogens is 6. The van der Waals surface area contributed by atoms with E-state index in [1.807, 2.05) is 0 Å². The Morgan fingerprint density at radius 1 is 0.742 bits per heavy atom. The average molecular weight is 478 g/mol. The highest BCUT2D eigenvalue weighted by molar-refractivity contribution is 7.87. The highest BCUT2D eigenvalue weighted by atomic mass is 32.2. The van der Waals surface area contributed by atoms with Crippen molar-refractivity contribution < 1.29 is 38.9 Å². The summed E-state index contributed by atoms with van der Waals surface area (Å²) in [5.74, 6) is -0.286. The summed E-state index contributed by atoms with van der Waals surface area (Å²) in [5, 5.41) is 0. The first-order valence-electron chi connectivity index (χ1n) is 8.40. The van der Waals surface area contributed by atoms with Crippen LogP contribution in [0.3, 0.4) is 0 Å².